The molecule has 0 bridgehead atoms. The number of nitrogens with one attached hydrogen (secondary N) is 1. The highest BCUT2D eigenvalue weighted by molar-refractivity contribution is 9.10. The van der Waals surface area contributed by atoms with Crippen molar-refractivity contribution in [3.63, 3.8) is 0 Å². The van der Waals surface area contributed by atoms with Gasteiger partial charge in [0.2, 0.25) is 0 Å². The van der Waals surface area contributed by atoms with Gasteiger partial charge in [-0.3, -0.25) is 5.32 Å². The summed E-state index contributed by atoms with van der Waals surface area (Å²) in [5.41, 5.74) is 1.47. The van der Waals surface area contributed by atoms with Gasteiger partial charge in [0.25, 0.3) is 0 Å². The molecule has 0 atom stereocenters. The Bertz CT molecular complexity index is 790. The summed E-state index contributed by atoms with van der Waals surface area (Å²) < 4.78 is 6.09. The predicted octanol–water partition coefficient (Wildman–Crippen LogP) is 4.51. The maximum Gasteiger partial charge on any atom is 0.411 e. The zero-order valence-corrected chi connectivity index (χ0v) is 16.3. The lowest BCUT2D eigenvalue weighted by Gasteiger charge is -2.29. The minimum atomic E-state index is -0.896. The molecule has 1 aromatic carbocycles. The van der Waals surface area contributed by atoms with E-state index in [2.05, 4.69) is 26.2 Å². The van der Waals surface area contributed by atoms with E-state index in [0.29, 0.717) is 31.6 Å². The van der Waals surface area contributed by atoms with E-state index in [1.807, 2.05) is 23.6 Å². The first-order valence-electron chi connectivity index (χ1n) is 8.15. The number of carbonyl (C=O) groups excluding carboxylic acids is 1. The number of anilines is 1. The maximum atomic E-state index is 12.2. The summed E-state index contributed by atoms with van der Waals surface area (Å²) in [6, 6.07) is 7.42. The van der Waals surface area contributed by atoms with Crippen LogP contribution in [0.2, 0.25) is 0 Å². The fraction of sp³-hybridized carbons (Fsp3) is 0.353. The Kier molecular flexibility index (Phi) is 6.10. The standard InChI is InChI=1S/C17H18BrN3O4S/c18-14-10-26-15(20-14)12-3-1-2-4-13(12)19-16(22)25-9-11-5-7-21(8-6-11)17(23)24/h1-4,10-11H,5-9H2,(H,19,22)(H,23,24). The lowest BCUT2D eigenvalue weighted by molar-refractivity contribution is 0.0948. The van der Waals surface area contributed by atoms with Crippen LogP contribution in [0.25, 0.3) is 10.6 Å². The van der Waals surface area contributed by atoms with Gasteiger partial charge in [0.1, 0.15) is 9.61 Å². The lowest BCUT2D eigenvalue weighted by Crippen LogP contribution is -2.38. The second-order valence-corrected chi connectivity index (χ2v) is 7.63. The average Bonchev–Trinajstić information content (AvgIpc) is 3.07. The Hall–Kier alpha value is -2.13. The number of carbonyl (C=O) groups is 2. The van der Waals surface area contributed by atoms with Crippen molar-refractivity contribution in [2.24, 2.45) is 5.92 Å². The summed E-state index contributed by atoms with van der Waals surface area (Å²) >= 11 is 4.81. The number of carboxylic acid groups (broad SMARTS) is 1. The molecular formula is C17H18BrN3O4S. The van der Waals surface area contributed by atoms with E-state index in [4.69, 9.17) is 9.84 Å². The zero-order chi connectivity index (χ0) is 18.5. The molecule has 2 aromatic rings. The molecule has 138 valence electrons. The fourth-order valence-electron chi connectivity index (χ4n) is 2.79. The maximum absolute atomic E-state index is 12.2. The van der Waals surface area contributed by atoms with Crippen LogP contribution in [0.4, 0.5) is 15.3 Å². The van der Waals surface area contributed by atoms with Crippen LogP contribution in [-0.4, -0.2) is 46.9 Å². The summed E-state index contributed by atoms with van der Waals surface area (Å²) in [5.74, 6) is 0.182. The smallest absolute Gasteiger partial charge is 0.411 e. The Morgan fingerprint density at radius 1 is 1.35 bits per heavy atom. The first-order valence-corrected chi connectivity index (χ1v) is 9.82. The van der Waals surface area contributed by atoms with E-state index >= 15 is 0 Å². The molecule has 1 fully saturated rings. The minimum Gasteiger partial charge on any atom is -0.465 e. The van der Waals surface area contributed by atoms with Crippen molar-refractivity contribution in [2.75, 3.05) is 25.0 Å². The molecule has 7 nitrogen and oxygen atoms in total. The summed E-state index contributed by atoms with van der Waals surface area (Å²) in [5, 5.41) is 14.4. The number of nitrogens with zero attached hydrogens (tertiary/aromatic N) is 2. The number of hydrogen-bond acceptors (Lipinski definition) is 5. The molecule has 0 unspecified atom stereocenters. The van der Waals surface area contributed by atoms with Crippen LogP contribution in [0.3, 0.4) is 0 Å². The minimum absolute atomic E-state index is 0.182. The lowest BCUT2D eigenvalue weighted by atomic mass is 9.98. The number of hydrogen-bond donors (Lipinski definition) is 2. The van der Waals surface area contributed by atoms with Crippen LogP contribution in [-0.2, 0) is 4.74 Å². The quantitative estimate of drug-likeness (QED) is 0.730. The Morgan fingerprint density at radius 3 is 2.73 bits per heavy atom. The molecule has 0 radical (unpaired) electrons. The molecule has 1 aliphatic rings. The number of piperidine rings is 1. The van der Waals surface area contributed by atoms with Gasteiger partial charge in [0.15, 0.2) is 0 Å². The van der Waals surface area contributed by atoms with Crippen LogP contribution in [0.1, 0.15) is 12.8 Å². The predicted molar refractivity (Wildman–Crippen MR) is 103 cm³/mol. The van der Waals surface area contributed by atoms with Crippen LogP contribution >= 0.6 is 27.3 Å². The second-order valence-electron chi connectivity index (χ2n) is 5.96. The van der Waals surface area contributed by atoms with Gasteiger partial charge in [-0.05, 0) is 46.8 Å². The molecule has 3 rings (SSSR count). The third-order valence-corrected chi connectivity index (χ3v) is 5.79. The van der Waals surface area contributed by atoms with E-state index in [9.17, 15) is 9.59 Å². The second kappa shape index (κ2) is 8.50. The van der Waals surface area contributed by atoms with Gasteiger partial charge in [-0.15, -0.1) is 11.3 Å². The highest BCUT2D eigenvalue weighted by Gasteiger charge is 2.23. The van der Waals surface area contributed by atoms with Crippen molar-refractivity contribution in [3.8, 4) is 10.6 Å². The third kappa shape index (κ3) is 4.73. The number of rotatable bonds is 4. The fourth-order valence-corrected chi connectivity index (χ4v) is 4.08. The van der Waals surface area contributed by atoms with Crippen LogP contribution < -0.4 is 5.32 Å². The molecule has 0 saturated carbocycles. The molecule has 0 aliphatic carbocycles. The van der Waals surface area contributed by atoms with Crippen LogP contribution in [0, 0.1) is 5.92 Å². The number of halogens is 1. The number of aromatic nitrogens is 1. The molecule has 9 heteroatoms. The molecule has 1 aliphatic heterocycles. The highest BCUT2D eigenvalue weighted by Crippen LogP contribution is 2.31. The zero-order valence-electron chi connectivity index (χ0n) is 13.9. The monoisotopic (exact) mass is 439 g/mol. The third-order valence-electron chi connectivity index (χ3n) is 4.21. The van der Waals surface area contributed by atoms with Gasteiger partial charge in [0.05, 0.1) is 12.3 Å². The number of amides is 2. The van der Waals surface area contributed by atoms with Crippen molar-refractivity contribution >= 4 is 45.1 Å². The van der Waals surface area contributed by atoms with E-state index in [-0.39, 0.29) is 12.5 Å². The van der Waals surface area contributed by atoms with E-state index < -0.39 is 12.2 Å². The van der Waals surface area contributed by atoms with E-state index in [0.717, 1.165) is 15.2 Å². The Balaban J connectivity index is 1.54. The average molecular weight is 440 g/mol. The number of thiazole rings is 1. The van der Waals surface area contributed by atoms with Gasteiger partial charge < -0.3 is 14.7 Å². The normalized spacial score (nSPS) is 14.9. The first kappa shape index (κ1) is 18.7. The molecule has 2 heterocycles. The molecule has 1 aromatic heterocycles. The molecule has 2 N–H and O–H groups in total. The van der Waals surface area contributed by atoms with Crippen molar-refractivity contribution < 1.29 is 19.4 Å². The van der Waals surface area contributed by atoms with Crippen molar-refractivity contribution in [1.82, 2.24) is 9.88 Å². The largest absolute Gasteiger partial charge is 0.465 e. The van der Waals surface area contributed by atoms with Crippen LogP contribution in [0.5, 0.6) is 0 Å². The summed E-state index contributed by atoms with van der Waals surface area (Å²) in [6.07, 6.45) is -0.0200. The Labute approximate surface area is 163 Å². The summed E-state index contributed by atoms with van der Waals surface area (Å²) in [6.45, 7) is 1.24. The summed E-state index contributed by atoms with van der Waals surface area (Å²) in [4.78, 5) is 28.8. The van der Waals surface area contributed by atoms with E-state index in [1.54, 1.807) is 6.07 Å². The summed E-state index contributed by atoms with van der Waals surface area (Å²) in [7, 11) is 0. The van der Waals surface area contributed by atoms with Gasteiger partial charge in [-0.2, -0.15) is 0 Å². The number of para-hydroxylation sites is 1. The van der Waals surface area contributed by atoms with Gasteiger partial charge in [0, 0.05) is 24.0 Å². The van der Waals surface area contributed by atoms with E-state index in [1.165, 1.54) is 16.2 Å². The van der Waals surface area contributed by atoms with Crippen molar-refractivity contribution in [1.29, 1.82) is 0 Å². The number of ether oxygens (including phenoxy) is 1. The van der Waals surface area contributed by atoms with Crippen LogP contribution in [0.15, 0.2) is 34.2 Å². The number of likely N-dealkylation sites (tertiary alicyclic amines) is 1. The van der Waals surface area contributed by atoms with Gasteiger partial charge >= 0.3 is 12.2 Å². The molecular weight excluding hydrogens is 422 g/mol. The first-order chi connectivity index (χ1) is 12.5. The van der Waals surface area contributed by atoms with Gasteiger partial charge in [-0.1, -0.05) is 12.1 Å². The molecule has 0 spiro atoms. The molecule has 2 amide bonds. The SMILES string of the molecule is O=C(Nc1ccccc1-c1nc(Br)cs1)OCC1CCN(C(=O)O)CC1. The van der Waals surface area contributed by atoms with Gasteiger partial charge in [-0.25, -0.2) is 14.6 Å². The van der Waals surface area contributed by atoms with Crippen molar-refractivity contribution in [2.45, 2.75) is 12.8 Å². The highest BCUT2D eigenvalue weighted by atomic mass is 79.9. The molecule has 1 saturated heterocycles. The van der Waals surface area contributed by atoms with Crippen molar-refractivity contribution in [3.05, 3.63) is 34.2 Å². The number of benzene rings is 1. The Morgan fingerprint density at radius 2 is 2.08 bits per heavy atom. The topological polar surface area (TPSA) is 91.8 Å². The molecule has 26 heavy (non-hydrogen) atoms.